The van der Waals surface area contributed by atoms with Crippen molar-refractivity contribution >= 4 is 22.7 Å². The number of nitrogens with zero attached hydrogens (tertiary/aromatic N) is 3. The highest BCUT2D eigenvalue weighted by atomic mass is 16.5. The maximum absolute atomic E-state index is 13.6. The van der Waals surface area contributed by atoms with E-state index in [0.29, 0.717) is 25.3 Å². The Kier molecular flexibility index (Phi) is 5.92. The summed E-state index contributed by atoms with van der Waals surface area (Å²) in [5.41, 5.74) is 4.47. The number of piperazine rings is 1. The molecule has 0 saturated carbocycles. The Bertz CT molecular complexity index is 1300. The Morgan fingerprint density at radius 1 is 0.941 bits per heavy atom. The van der Waals surface area contributed by atoms with Gasteiger partial charge in [0.2, 0.25) is 0 Å². The highest BCUT2D eigenvalue weighted by molar-refractivity contribution is 5.98. The van der Waals surface area contributed by atoms with Gasteiger partial charge in [-0.3, -0.25) is 4.79 Å². The summed E-state index contributed by atoms with van der Waals surface area (Å²) >= 11 is 0. The van der Waals surface area contributed by atoms with Crippen LogP contribution in [-0.4, -0.2) is 55.8 Å². The van der Waals surface area contributed by atoms with Gasteiger partial charge in [0.25, 0.3) is 5.91 Å². The molecule has 0 atom stereocenters. The summed E-state index contributed by atoms with van der Waals surface area (Å²) in [6.07, 6.45) is 0. The van der Waals surface area contributed by atoms with Crippen molar-refractivity contribution < 1.29 is 18.7 Å². The van der Waals surface area contributed by atoms with Gasteiger partial charge in [0, 0.05) is 44.9 Å². The van der Waals surface area contributed by atoms with Crippen LogP contribution >= 0.6 is 0 Å². The number of carbonyl (C=O) groups excluding carboxylic acids is 1. The van der Waals surface area contributed by atoms with Gasteiger partial charge >= 0.3 is 0 Å². The van der Waals surface area contributed by atoms with Crippen molar-refractivity contribution in [3.63, 3.8) is 0 Å². The van der Waals surface area contributed by atoms with E-state index in [0.717, 1.165) is 52.7 Å². The van der Waals surface area contributed by atoms with Crippen molar-refractivity contribution in [2.75, 3.05) is 45.3 Å². The van der Waals surface area contributed by atoms with E-state index in [9.17, 15) is 4.79 Å². The zero-order valence-electron chi connectivity index (χ0n) is 19.8. The number of hydrogen-bond donors (Lipinski definition) is 0. The molecular weight excluding hydrogens is 430 g/mol. The van der Waals surface area contributed by atoms with E-state index < -0.39 is 0 Å². The van der Waals surface area contributed by atoms with Gasteiger partial charge in [-0.15, -0.1) is 0 Å². The summed E-state index contributed by atoms with van der Waals surface area (Å²) in [6.45, 7) is 5.29. The third-order valence-corrected chi connectivity index (χ3v) is 6.42. The van der Waals surface area contributed by atoms with Gasteiger partial charge in [0.05, 0.1) is 25.4 Å². The molecular formula is C27H29N3O4. The van der Waals surface area contributed by atoms with E-state index in [1.807, 2.05) is 66.4 Å². The van der Waals surface area contributed by atoms with E-state index in [1.54, 1.807) is 14.2 Å². The predicted octanol–water partition coefficient (Wildman–Crippen LogP) is 4.57. The number of rotatable bonds is 6. The number of fused-ring (bicyclic) bond motifs is 1. The van der Waals surface area contributed by atoms with E-state index in [2.05, 4.69) is 15.5 Å². The molecule has 0 aliphatic carbocycles. The second-order valence-corrected chi connectivity index (χ2v) is 8.52. The lowest BCUT2D eigenvalue weighted by molar-refractivity contribution is 0.0736. The van der Waals surface area contributed by atoms with Crippen LogP contribution in [0.15, 0.2) is 65.1 Å². The normalized spacial score (nSPS) is 14.0. The number of methoxy groups -OCH3 is 2. The van der Waals surface area contributed by atoms with E-state index in [4.69, 9.17) is 13.9 Å². The third-order valence-electron chi connectivity index (χ3n) is 6.42. The van der Waals surface area contributed by atoms with Crippen LogP contribution in [-0.2, 0) is 6.54 Å². The Morgan fingerprint density at radius 2 is 1.68 bits per heavy atom. The van der Waals surface area contributed by atoms with Crippen molar-refractivity contribution in [2.24, 2.45) is 0 Å². The molecule has 1 aliphatic rings. The quantitative estimate of drug-likeness (QED) is 0.423. The molecule has 1 saturated heterocycles. The van der Waals surface area contributed by atoms with Crippen LogP contribution in [0.3, 0.4) is 0 Å². The highest BCUT2D eigenvalue weighted by Crippen LogP contribution is 2.30. The van der Waals surface area contributed by atoms with Gasteiger partial charge in [-0.1, -0.05) is 24.3 Å². The van der Waals surface area contributed by atoms with Crippen molar-refractivity contribution in [3.05, 3.63) is 77.7 Å². The van der Waals surface area contributed by atoms with Crippen molar-refractivity contribution in [1.82, 2.24) is 9.47 Å². The molecule has 7 heteroatoms. The minimum atomic E-state index is 0.0252. The minimum absolute atomic E-state index is 0.0252. The van der Waals surface area contributed by atoms with Gasteiger partial charge < -0.3 is 28.3 Å². The van der Waals surface area contributed by atoms with Crippen LogP contribution < -0.4 is 14.4 Å². The first-order valence-corrected chi connectivity index (χ1v) is 11.5. The van der Waals surface area contributed by atoms with Gasteiger partial charge in [-0.25, -0.2) is 0 Å². The lowest BCUT2D eigenvalue weighted by atomic mass is 10.2. The first-order chi connectivity index (χ1) is 16.6. The number of carbonyl (C=O) groups is 1. The molecule has 176 valence electrons. The topological polar surface area (TPSA) is 60.1 Å². The number of amides is 1. The molecule has 1 amide bonds. The molecule has 0 unspecified atom stereocenters. The number of furan rings is 1. The first-order valence-electron chi connectivity index (χ1n) is 11.5. The summed E-state index contributed by atoms with van der Waals surface area (Å²) in [5, 5.41) is 0. The third kappa shape index (κ3) is 4.09. The Balaban J connectivity index is 1.38. The number of aromatic nitrogens is 1. The smallest absolute Gasteiger partial charge is 0.270 e. The fourth-order valence-electron chi connectivity index (χ4n) is 4.63. The molecule has 5 rings (SSSR count). The monoisotopic (exact) mass is 459 g/mol. The number of anilines is 1. The minimum Gasteiger partial charge on any atom is -0.497 e. The summed E-state index contributed by atoms with van der Waals surface area (Å²) in [6, 6.07) is 19.8. The van der Waals surface area contributed by atoms with Gasteiger partial charge in [-0.2, -0.15) is 0 Å². The maximum atomic E-state index is 13.6. The second-order valence-electron chi connectivity index (χ2n) is 8.52. The highest BCUT2D eigenvalue weighted by Gasteiger charge is 2.27. The zero-order valence-corrected chi connectivity index (χ0v) is 19.8. The standard InChI is InChI=1S/C27H29N3O4/c1-19-16-23-26(34-19)17-24(30(23)18-20-8-10-21(32-2)11-9-20)27(31)29-14-12-28(13-15-29)22-6-4-5-7-25(22)33-3/h4-11,16-17H,12-15,18H2,1-3H3. The van der Waals surface area contributed by atoms with Gasteiger partial charge in [-0.05, 0) is 36.8 Å². The fourth-order valence-corrected chi connectivity index (χ4v) is 4.63. The van der Waals surface area contributed by atoms with Crippen LogP contribution in [0.25, 0.3) is 11.1 Å². The lowest BCUT2D eigenvalue weighted by Gasteiger charge is -2.36. The van der Waals surface area contributed by atoms with Crippen LogP contribution in [0.2, 0.25) is 0 Å². The lowest BCUT2D eigenvalue weighted by Crippen LogP contribution is -2.49. The summed E-state index contributed by atoms with van der Waals surface area (Å²) in [7, 11) is 3.34. The Morgan fingerprint density at radius 3 is 2.38 bits per heavy atom. The molecule has 0 N–H and O–H groups in total. The molecule has 0 radical (unpaired) electrons. The van der Waals surface area contributed by atoms with E-state index in [1.165, 1.54) is 0 Å². The van der Waals surface area contributed by atoms with Crippen LogP contribution in [0.5, 0.6) is 11.5 Å². The van der Waals surface area contributed by atoms with E-state index >= 15 is 0 Å². The molecule has 1 fully saturated rings. The second kappa shape index (κ2) is 9.17. The molecule has 2 aromatic carbocycles. The predicted molar refractivity (Wildman–Crippen MR) is 132 cm³/mol. The van der Waals surface area contributed by atoms with Crippen molar-refractivity contribution in [1.29, 1.82) is 0 Å². The number of para-hydroxylation sites is 2. The van der Waals surface area contributed by atoms with Crippen LogP contribution in [0.1, 0.15) is 21.8 Å². The number of hydrogen-bond acceptors (Lipinski definition) is 5. The molecule has 4 aromatic rings. The first kappa shape index (κ1) is 21.9. The average molecular weight is 460 g/mol. The largest absolute Gasteiger partial charge is 0.497 e. The summed E-state index contributed by atoms with van der Waals surface area (Å²) in [4.78, 5) is 17.8. The van der Waals surface area contributed by atoms with Gasteiger partial charge in [0.1, 0.15) is 23.0 Å². The van der Waals surface area contributed by atoms with Crippen LogP contribution in [0.4, 0.5) is 5.69 Å². The van der Waals surface area contributed by atoms with Crippen LogP contribution in [0, 0.1) is 6.92 Å². The van der Waals surface area contributed by atoms with Crippen molar-refractivity contribution in [2.45, 2.75) is 13.5 Å². The number of aryl methyl sites for hydroxylation is 1. The Hall–Kier alpha value is -3.87. The summed E-state index contributed by atoms with van der Waals surface area (Å²) < 4.78 is 18.7. The molecule has 3 heterocycles. The van der Waals surface area contributed by atoms with Gasteiger partial charge in [0.15, 0.2) is 5.58 Å². The van der Waals surface area contributed by atoms with Crippen molar-refractivity contribution in [3.8, 4) is 11.5 Å². The SMILES string of the molecule is COc1ccc(Cn2c(C(=O)N3CCN(c4ccccc4OC)CC3)cc3oc(C)cc32)cc1. The Labute approximate surface area is 199 Å². The zero-order chi connectivity index (χ0) is 23.7. The molecule has 7 nitrogen and oxygen atoms in total. The fraction of sp³-hybridized carbons (Fsp3) is 0.296. The molecule has 34 heavy (non-hydrogen) atoms. The molecule has 2 aromatic heterocycles. The average Bonchev–Trinajstić information content (AvgIpc) is 3.40. The molecule has 0 spiro atoms. The summed E-state index contributed by atoms with van der Waals surface area (Å²) in [5.74, 6) is 2.52. The maximum Gasteiger partial charge on any atom is 0.270 e. The number of benzene rings is 2. The number of ether oxygens (including phenoxy) is 2. The van der Waals surface area contributed by atoms with E-state index in [-0.39, 0.29) is 5.91 Å². The molecule has 1 aliphatic heterocycles. The molecule has 0 bridgehead atoms.